The Labute approximate surface area is 178 Å². The normalized spacial score (nSPS) is 24.0. The fraction of sp³-hybridized carbons (Fsp3) is 0.619. The van der Waals surface area contributed by atoms with Gasteiger partial charge < -0.3 is 9.64 Å². The van der Waals surface area contributed by atoms with Crippen LogP contribution in [0, 0.1) is 5.41 Å². The molecule has 162 valence electrons. The SMILES string of the molecule is CSc1ncc2cc(C(F)F)nc(C3CC4(CCN(C(=O)OC(C)(C)C)C4)C3)c2n1. The summed E-state index contributed by atoms with van der Waals surface area (Å²) in [7, 11) is 0. The zero-order valence-corrected chi connectivity index (χ0v) is 18.4. The number of rotatable bonds is 3. The Morgan fingerprint density at radius 2 is 2.07 bits per heavy atom. The molecule has 2 fully saturated rings. The van der Waals surface area contributed by atoms with E-state index in [-0.39, 0.29) is 23.1 Å². The summed E-state index contributed by atoms with van der Waals surface area (Å²) in [6, 6.07) is 1.38. The smallest absolute Gasteiger partial charge is 0.410 e. The second-order valence-electron chi connectivity index (χ2n) is 9.28. The summed E-state index contributed by atoms with van der Waals surface area (Å²) in [5.74, 6) is 0.0504. The quantitative estimate of drug-likeness (QED) is 0.487. The lowest BCUT2D eigenvalue weighted by Crippen LogP contribution is -2.41. The van der Waals surface area contributed by atoms with Crippen molar-refractivity contribution in [3.63, 3.8) is 0 Å². The first kappa shape index (κ1) is 21.2. The van der Waals surface area contributed by atoms with Gasteiger partial charge in [-0.2, -0.15) is 0 Å². The van der Waals surface area contributed by atoms with Crippen molar-refractivity contribution < 1.29 is 18.3 Å². The van der Waals surface area contributed by atoms with Gasteiger partial charge in [0.2, 0.25) is 0 Å². The van der Waals surface area contributed by atoms with Gasteiger partial charge in [0, 0.05) is 30.6 Å². The molecule has 0 N–H and O–H groups in total. The van der Waals surface area contributed by atoms with Gasteiger partial charge in [0.25, 0.3) is 6.43 Å². The fourth-order valence-electron chi connectivity index (χ4n) is 4.49. The highest BCUT2D eigenvalue weighted by Gasteiger charge is 2.51. The van der Waals surface area contributed by atoms with Crippen LogP contribution < -0.4 is 0 Å². The van der Waals surface area contributed by atoms with Crippen LogP contribution in [0.2, 0.25) is 0 Å². The molecule has 9 heteroatoms. The fourth-order valence-corrected chi connectivity index (χ4v) is 4.83. The van der Waals surface area contributed by atoms with Crippen molar-refractivity contribution >= 4 is 28.8 Å². The van der Waals surface area contributed by atoms with Crippen LogP contribution in [0.25, 0.3) is 10.9 Å². The predicted octanol–water partition coefficient (Wildman–Crippen LogP) is 5.19. The van der Waals surface area contributed by atoms with Crippen LogP contribution in [-0.4, -0.2) is 50.9 Å². The maximum atomic E-state index is 13.4. The molecule has 1 aliphatic carbocycles. The molecule has 0 atom stereocenters. The van der Waals surface area contributed by atoms with Crippen molar-refractivity contribution in [2.45, 2.75) is 63.1 Å². The highest BCUT2D eigenvalue weighted by molar-refractivity contribution is 7.98. The van der Waals surface area contributed by atoms with Crippen LogP contribution >= 0.6 is 11.8 Å². The molecule has 2 aromatic heterocycles. The summed E-state index contributed by atoms with van der Waals surface area (Å²) in [6.45, 7) is 6.86. The van der Waals surface area contributed by atoms with Crippen molar-refractivity contribution in [2.75, 3.05) is 19.3 Å². The molecular formula is C21H26F2N4O2S. The van der Waals surface area contributed by atoms with Gasteiger partial charge in [-0.3, -0.25) is 0 Å². The van der Waals surface area contributed by atoms with Gasteiger partial charge in [-0.25, -0.2) is 28.5 Å². The summed E-state index contributed by atoms with van der Waals surface area (Å²) >= 11 is 1.41. The number of thioether (sulfide) groups is 1. The molecule has 3 heterocycles. The molecular weight excluding hydrogens is 410 g/mol. The van der Waals surface area contributed by atoms with E-state index in [9.17, 15) is 13.6 Å². The lowest BCUT2D eigenvalue weighted by Gasteiger charge is -2.45. The molecule has 1 amide bonds. The zero-order valence-electron chi connectivity index (χ0n) is 17.6. The van der Waals surface area contributed by atoms with E-state index in [0.717, 1.165) is 19.3 Å². The van der Waals surface area contributed by atoms with Gasteiger partial charge in [0.15, 0.2) is 5.16 Å². The van der Waals surface area contributed by atoms with Crippen LogP contribution in [0.5, 0.6) is 0 Å². The number of hydrogen-bond donors (Lipinski definition) is 0. The highest BCUT2D eigenvalue weighted by atomic mass is 32.2. The van der Waals surface area contributed by atoms with Crippen LogP contribution in [0.1, 0.15) is 63.8 Å². The molecule has 2 aliphatic rings. The maximum Gasteiger partial charge on any atom is 0.410 e. The van der Waals surface area contributed by atoms with Crippen molar-refractivity contribution in [3.05, 3.63) is 23.7 Å². The molecule has 1 spiro atoms. The minimum absolute atomic E-state index is 0.00573. The number of fused-ring (bicyclic) bond motifs is 1. The molecule has 2 aromatic rings. The van der Waals surface area contributed by atoms with Crippen molar-refractivity contribution in [2.24, 2.45) is 5.41 Å². The summed E-state index contributed by atoms with van der Waals surface area (Å²) in [6.07, 6.45) is 3.04. The number of alkyl halides is 2. The number of nitrogens with zero attached hydrogens (tertiary/aromatic N) is 4. The Balaban J connectivity index is 1.55. The number of amides is 1. The Morgan fingerprint density at radius 3 is 2.70 bits per heavy atom. The first-order chi connectivity index (χ1) is 14.1. The number of aromatic nitrogens is 3. The lowest BCUT2D eigenvalue weighted by atomic mass is 9.60. The van der Waals surface area contributed by atoms with Gasteiger partial charge in [0.05, 0.1) is 11.2 Å². The van der Waals surface area contributed by atoms with E-state index in [1.54, 1.807) is 11.1 Å². The van der Waals surface area contributed by atoms with E-state index in [2.05, 4.69) is 15.0 Å². The van der Waals surface area contributed by atoms with Crippen LogP contribution in [-0.2, 0) is 4.74 Å². The van der Waals surface area contributed by atoms with Gasteiger partial charge in [-0.05, 0) is 57.8 Å². The second-order valence-corrected chi connectivity index (χ2v) is 10.1. The molecule has 0 bridgehead atoms. The van der Waals surface area contributed by atoms with Crippen LogP contribution in [0.4, 0.5) is 13.6 Å². The van der Waals surface area contributed by atoms with Gasteiger partial charge in [-0.15, -0.1) is 0 Å². The molecule has 30 heavy (non-hydrogen) atoms. The number of hydrogen-bond acceptors (Lipinski definition) is 6. The average Bonchev–Trinajstić information content (AvgIpc) is 3.10. The lowest BCUT2D eigenvalue weighted by molar-refractivity contribution is 0.0229. The number of carbonyl (C=O) groups excluding carboxylic acids is 1. The average molecular weight is 437 g/mol. The standard InChI is InChI=1S/C21H26F2N4O2S/c1-20(2,3)29-19(28)27-6-5-21(11-27)8-13(9-21)16-15-12(7-14(25-16)17(22)23)10-24-18(26-15)30-4/h7,10,13,17H,5-6,8-9,11H2,1-4H3. The van der Waals surface area contributed by atoms with Gasteiger partial charge in [-0.1, -0.05) is 11.8 Å². The molecule has 1 saturated heterocycles. The van der Waals surface area contributed by atoms with Crippen LogP contribution in [0.3, 0.4) is 0 Å². The number of likely N-dealkylation sites (tertiary alicyclic amines) is 1. The van der Waals surface area contributed by atoms with E-state index < -0.39 is 12.0 Å². The summed E-state index contributed by atoms with van der Waals surface area (Å²) in [5, 5.41) is 1.19. The molecule has 0 radical (unpaired) electrons. The number of halogens is 2. The number of ether oxygens (including phenoxy) is 1. The monoisotopic (exact) mass is 436 g/mol. The molecule has 1 saturated carbocycles. The summed E-state index contributed by atoms with van der Waals surface area (Å²) < 4.78 is 32.3. The van der Waals surface area contributed by atoms with Crippen molar-refractivity contribution in [3.8, 4) is 0 Å². The van der Waals surface area contributed by atoms with Gasteiger partial charge >= 0.3 is 6.09 Å². The predicted molar refractivity (Wildman–Crippen MR) is 111 cm³/mol. The molecule has 0 aromatic carbocycles. The van der Waals surface area contributed by atoms with Crippen molar-refractivity contribution in [1.29, 1.82) is 0 Å². The highest BCUT2D eigenvalue weighted by Crippen LogP contribution is 2.56. The van der Waals surface area contributed by atoms with E-state index >= 15 is 0 Å². The minimum atomic E-state index is -2.64. The topological polar surface area (TPSA) is 68.2 Å². The Morgan fingerprint density at radius 1 is 1.33 bits per heavy atom. The Bertz CT molecular complexity index is 973. The summed E-state index contributed by atoms with van der Waals surface area (Å²) in [4.78, 5) is 27.2. The summed E-state index contributed by atoms with van der Waals surface area (Å²) in [5.41, 5.74) is 0.525. The third-order valence-corrected chi connectivity index (χ3v) is 6.39. The third kappa shape index (κ3) is 4.08. The van der Waals surface area contributed by atoms with E-state index in [1.807, 2.05) is 27.0 Å². The van der Waals surface area contributed by atoms with Crippen LogP contribution in [0.15, 0.2) is 17.4 Å². The first-order valence-electron chi connectivity index (χ1n) is 10.1. The number of carbonyl (C=O) groups is 1. The Hall–Kier alpha value is -2.03. The third-order valence-electron chi connectivity index (χ3n) is 5.83. The number of pyridine rings is 1. The largest absolute Gasteiger partial charge is 0.444 e. The van der Waals surface area contributed by atoms with E-state index in [0.29, 0.717) is 34.8 Å². The molecule has 1 aliphatic heterocycles. The minimum Gasteiger partial charge on any atom is -0.444 e. The van der Waals surface area contributed by atoms with Gasteiger partial charge in [0.1, 0.15) is 11.3 Å². The Kier molecular flexibility index (Phi) is 5.36. The first-order valence-corrected chi connectivity index (χ1v) is 11.3. The second kappa shape index (κ2) is 7.59. The van der Waals surface area contributed by atoms with E-state index in [1.165, 1.54) is 17.8 Å². The zero-order chi connectivity index (χ0) is 21.7. The van der Waals surface area contributed by atoms with E-state index in [4.69, 9.17) is 4.74 Å². The molecule has 0 unspecified atom stereocenters. The molecule has 6 nitrogen and oxygen atoms in total. The van der Waals surface area contributed by atoms with Crippen molar-refractivity contribution in [1.82, 2.24) is 19.9 Å². The maximum absolute atomic E-state index is 13.4. The molecule has 4 rings (SSSR count).